The predicted octanol–water partition coefficient (Wildman–Crippen LogP) is 1.43. The molecule has 1 heterocycles. The molecule has 0 saturated carbocycles. The average Bonchev–Trinajstić information content (AvgIpc) is 2.24. The summed E-state index contributed by atoms with van der Waals surface area (Å²) in [6.45, 7) is 13.1. The van der Waals surface area contributed by atoms with Gasteiger partial charge in [0.1, 0.15) is 6.04 Å². The lowest BCUT2D eigenvalue weighted by atomic mass is 9.93. The van der Waals surface area contributed by atoms with Gasteiger partial charge in [-0.25, -0.2) is 0 Å². The maximum absolute atomic E-state index is 12.3. The summed E-state index contributed by atoms with van der Waals surface area (Å²) in [4.78, 5) is 27.3. The highest BCUT2D eigenvalue weighted by molar-refractivity contribution is 5.83. The van der Waals surface area contributed by atoms with Crippen LogP contribution in [-0.2, 0) is 9.59 Å². The van der Waals surface area contributed by atoms with E-state index in [1.54, 1.807) is 4.90 Å². The highest BCUT2D eigenvalue weighted by Gasteiger charge is 2.41. The van der Waals surface area contributed by atoms with Crippen molar-refractivity contribution in [3.63, 3.8) is 0 Å². The van der Waals surface area contributed by atoms with Crippen LogP contribution in [0.1, 0.15) is 41.5 Å². The zero-order chi connectivity index (χ0) is 15.0. The number of rotatable bonds is 1. The lowest BCUT2D eigenvalue weighted by Crippen LogP contribution is -2.63. The van der Waals surface area contributed by atoms with E-state index in [0.29, 0.717) is 13.1 Å². The fraction of sp³-hybridized carbons (Fsp3) is 0.857. The topological polar surface area (TPSA) is 60.9 Å². The van der Waals surface area contributed by atoms with Crippen molar-refractivity contribution < 1.29 is 14.7 Å². The lowest BCUT2D eigenvalue weighted by molar-refractivity contribution is -0.154. The van der Waals surface area contributed by atoms with E-state index in [2.05, 4.69) is 0 Å². The van der Waals surface area contributed by atoms with E-state index in [1.165, 1.54) is 0 Å². The van der Waals surface area contributed by atoms with E-state index >= 15 is 0 Å². The van der Waals surface area contributed by atoms with Gasteiger partial charge in [-0.15, -0.1) is 0 Å². The molecule has 1 saturated heterocycles. The van der Waals surface area contributed by atoms with E-state index < -0.39 is 17.4 Å². The number of hydrogen-bond acceptors (Lipinski definition) is 3. The molecule has 1 rings (SSSR count). The molecule has 0 aromatic rings. The number of piperazine rings is 1. The fourth-order valence-electron chi connectivity index (χ4n) is 2.46. The third-order valence-corrected chi connectivity index (χ3v) is 3.46. The van der Waals surface area contributed by atoms with Gasteiger partial charge in [-0.2, -0.15) is 0 Å². The molecule has 1 atom stereocenters. The number of carbonyl (C=O) groups excluding carboxylic acids is 1. The monoisotopic (exact) mass is 270 g/mol. The minimum absolute atomic E-state index is 0.0207. The summed E-state index contributed by atoms with van der Waals surface area (Å²) in [6.07, 6.45) is 0. The van der Waals surface area contributed by atoms with Gasteiger partial charge in [0.05, 0.1) is 0 Å². The third kappa shape index (κ3) is 3.69. The number of nitrogens with zero attached hydrogens (tertiary/aromatic N) is 2. The van der Waals surface area contributed by atoms with E-state index in [-0.39, 0.29) is 18.0 Å². The first kappa shape index (κ1) is 16.0. The summed E-state index contributed by atoms with van der Waals surface area (Å²) in [5.41, 5.74) is -0.674. The van der Waals surface area contributed by atoms with E-state index in [4.69, 9.17) is 0 Å². The Labute approximate surface area is 115 Å². The van der Waals surface area contributed by atoms with Crippen molar-refractivity contribution in [2.24, 2.45) is 5.41 Å². The molecule has 1 amide bonds. The van der Waals surface area contributed by atoms with Crippen LogP contribution in [0.3, 0.4) is 0 Å². The van der Waals surface area contributed by atoms with Gasteiger partial charge in [0, 0.05) is 30.6 Å². The number of carboxylic acids is 1. The summed E-state index contributed by atoms with van der Waals surface area (Å²) in [5.74, 6) is -0.839. The molecule has 1 aliphatic heterocycles. The Morgan fingerprint density at radius 3 is 1.95 bits per heavy atom. The van der Waals surface area contributed by atoms with Crippen LogP contribution in [0.4, 0.5) is 0 Å². The first-order valence-electron chi connectivity index (χ1n) is 6.73. The fourth-order valence-corrected chi connectivity index (χ4v) is 2.46. The highest BCUT2D eigenvalue weighted by atomic mass is 16.4. The summed E-state index contributed by atoms with van der Waals surface area (Å²) in [7, 11) is 0. The molecule has 5 heteroatoms. The van der Waals surface area contributed by atoms with Crippen molar-refractivity contribution in [3.8, 4) is 0 Å². The molecule has 110 valence electrons. The van der Waals surface area contributed by atoms with Crippen LogP contribution >= 0.6 is 0 Å². The zero-order valence-electron chi connectivity index (χ0n) is 12.9. The molecular weight excluding hydrogens is 244 g/mol. The molecule has 1 aliphatic rings. The molecule has 0 aromatic carbocycles. The Morgan fingerprint density at radius 1 is 1.05 bits per heavy atom. The molecule has 1 fully saturated rings. The summed E-state index contributed by atoms with van der Waals surface area (Å²) in [5, 5.41) is 9.39. The smallest absolute Gasteiger partial charge is 0.322 e. The summed E-state index contributed by atoms with van der Waals surface area (Å²) >= 11 is 0. The van der Waals surface area contributed by atoms with Crippen molar-refractivity contribution in [1.29, 1.82) is 0 Å². The Morgan fingerprint density at radius 2 is 1.58 bits per heavy atom. The standard InChI is InChI=1S/C14H26N2O3/c1-13(2,3)12(19)15-7-8-16(14(4,5)6)10(9-15)11(17)18/h10H,7-9H2,1-6H3,(H,17,18). The van der Waals surface area contributed by atoms with E-state index in [9.17, 15) is 14.7 Å². The molecule has 1 N–H and O–H groups in total. The van der Waals surface area contributed by atoms with E-state index in [0.717, 1.165) is 0 Å². The van der Waals surface area contributed by atoms with Gasteiger partial charge >= 0.3 is 5.97 Å². The molecule has 1 unspecified atom stereocenters. The average molecular weight is 270 g/mol. The van der Waals surface area contributed by atoms with Crippen molar-refractivity contribution >= 4 is 11.9 Å². The predicted molar refractivity (Wildman–Crippen MR) is 73.9 cm³/mol. The highest BCUT2D eigenvalue weighted by Crippen LogP contribution is 2.25. The van der Waals surface area contributed by atoms with Crippen LogP contribution in [-0.4, -0.2) is 58.0 Å². The minimum Gasteiger partial charge on any atom is -0.480 e. The molecule has 0 radical (unpaired) electrons. The van der Waals surface area contributed by atoms with Crippen LogP contribution in [0, 0.1) is 5.41 Å². The Hall–Kier alpha value is -1.10. The second-order valence-electron chi connectivity index (χ2n) is 7.22. The van der Waals surface area contributed by atoms with Gasteiger partial charge in [-0.05, 0) is 20.8 Å². The zero-order valence-corrected chi connectivity index (χ0v) is 12.9. The van der Waals surface area contributed by atoms with Crippen LogP contribution < -0.4 is 0 Å². The lowest BCUT2D eigenvalue weighted by Gasteiger charge is -2.47. The summed E-state index contributed by atoms with van der Waals surface area (Å²) in [6, 6.07) is -0.625. The molecule has 0 spiro atoms. The first-order chi connectivity index (χ1) is 8.44. The van der Waals surface area contributed by atoms with Gasteiger partial charge in [-0.3, -0.25) is 14.5 Å². The minimum atomic E-state index is -0.860. The third-order valence-electron chi connectivity index (χ3n) is 3.46. The quantitative estimate of drug-likeness (QED) is 0.783. The number of aliphatic carboxylic acids is 1. The second-order valence-corrected chi connectivity index (χ2v) is 7.22. The maximum Gasteiger partial charge on any atom is 0.322 e. The normalized spacial score (nSPS) is 22.4. The van der Waals surface area contributed by atoms with Crippen LogP contribution in [0.25, 0.3) is 0 Å². The van der Waals surface area contributed by atoms with Crippen LogP contribution in [0.2, 0.25) is 0 Å². The Bertz CT molecular complexity index is 366. The van der Waals surface area contributed by atoms with Gasteiger partial charge in [0.2, 0.25) is 5.91 Å². The number of carboxylic acid groups (broad SMARTS) is 1. The number of hydrogen-bond donors (Lipinski definition) is 1. The van der Waals surface area contributed by atoms with Crippen molar-refractivity contribution in [1.82, 2.24) is 9.80 Å². The number of carbonyl (C=O) groups is 2. The molecule has 5 nitrogen and oxygen atoms in total. The van der Waals surface area contributed by atoms with Gasteiger partial charge < -0.3 is 10.0 Å². The largest absolute Gasteiger partial charge is 0.480 e. The maximum atomic E-state index is 12.3. The van der Waals surface area contributed by atoms with E-state index in [1.807, 2.05) is 46.4 Å². The first-order valence-corrected chi connectivity index (χ1v) is 6.73. The molecule has 0 aliphatic carbocycles. The summed E-state index contributed by atoms with van der Waals surface area (Å²) < 4.78 is 0. The van der Waals surface area contributed by atoms with Gasteiger partial charge in [0.25, 0.3) is 0 Å². The Kier molecular flexibility index (Phi) is 4.30. The molecule has 0 bridgehead atoms. The van der Waals surface area contributed by atoms with Gasteiger partial charge in [-0.1, -0.05) is 20.8 Å². The molecule has 0 aromatic heterocycles. The Balaban J connectivity index is 2.89. The van der Waals surface area contributed by atoms with Crippen LogP contribution in [0.5, 0.6) is 0 Å². The SMILES string of the molecule is CC(C)(C)C(=O)N1CCN(C(C)(C)C)C(C(=O)O)C1. The molecule has 19 heavy (non-hydrogen) atoms. The van der Waals surface area contributed by atoms with Crippen molar-refractivity contribution in [2.75, 3.05) is 19.6 Å². The number of amides is 1. The molecular formula is C14H26N2O3. The second kappa shape index (κ2) is 5.12. The van der Waals surface area contributed by atoms with Gasteiger partial charge in [0.15, 0.2) is 0 Å². The van der Waals surface area contributed by atoms with Crippen LogP contribution in [0.15, 0.2) is 0 Å². The van der Waals surface area contributed by atoms with Crippen molar-refractivity contribution in [2.45, 2.75) is 53.1 Å². The van der Waals surface area contributed by atoms with Crippen molar-refractivity contribution in [3.05, 3.63) is 0 Å².